The molecule has 2 unspecified atom stereocenters. The van der Waals surface area contributed by atoms with E-state index in [9.17, 15) is 58.8 Å². The number of aliphatic hydroxyl groups excluding tert-OH is 3. The molecule has 15 N–H and O–H groups in total. The molecule has 62 heavy (non-hydrogen) atoms. The number of azide groups is 1. The molecule has 1 aromatic carbocycles. The first-order chi connectivity index (χ1) is 29.5. The van der Waals surface area contributed by atoms with Crippen LogP contribution < -0.4 is 48.7 Å². The lowest BCUT2D eigenvalue weighted by Gasteiger charge is -2.39. The Morgan fingerprint density at radius 2 is 1.44 bits per heavy atom. The molecular formula is C36H53N13O13. The minimum atomic E-state index is -1.87. The molecule has 26 heteroatoms. The number of unbranched alkanes of at least 4 members (excludes halogenated alkanes) is 1. The van der Waals surface area contributed by atoms with Crippen LogP contribution in [0.15, 0.2) is 40.4 Å². The molecule has 0 saturated carbocycles. The Morgan fingerprint density at radius 1 is 0.806 bits per heavy atom. The Kier molecular flexibility index (Phi) is 20.3. The number of hydrogen-bond acceptors (Lipinski definition) is 14. The number of amides is 7. The van der Waals surface area contributed by atoms with E-state index in [1.807, 2.05) is 0 Å². The number of carbonyl (C=O) groups is 8. The Hall–Kier alpha value is -6.60. The number of aliphatic carboxylic acids is 1. The van der Waals surface area contributed by atoms with Crippen molar-refractivity contribution in [1.29, 1.82) is 0 Å². The van der Waals surface area contributed by atoms with Gasteiger partial charge in [0.05, 0.1) is 13.0 Å². The summed E-state index contributed by atoms with van der Waals surface area (Å²) in [5.41, 5.74) is 19.8. The van der Waals surface area contributed by atoms with Crippen LogP contribution in [0.1, 0.15) is 44.1 Å². The largest absolute Gasteiger partial charge is 0.481 e. The van der Waals surface area contributed by atoms with Crippen LogP contribution in [0.4, 0.5) is 0 Å². The predicted molar refractivity (Wildman–Crippen MR) is 214 cm³/mol. The molecule has 26 nitrogen and oxygen atoms in total. The normalized spacial score (nSPS) is 26.0. The van der Waals surface area contributed by atoms with E-state index in [4.69, 9.17) is 21.7 Å². The number of nitrogens with one attached hydrogen (secondary N) is 7. The topological polar surface area (TPSA) is 424 Å². The van der Waals surface area contributed by atoms with Crippen molar-refractivity contribution in [3.05, 3.63) is 46.3 Å². The number of hydrogen-bond donors (Lipinski definition) is 13. The van der Waals surface area contributed by atoms with Crippen LogP contribution in [0.25, 0.3) is 10.4 Å². The van der Waals surface area contributed by atoms with Crippen molar-refractivity contribution in [2.75, 3.05) is 32.7 Å². The maximum absolute atomic E-state index is 14.0. The monoisotopic (exact) mass is 875 g/mol. The zero-order valence-corrected chi connectivity index (χ0v) is 33.5. The summed E-state index contributed by atoms with van der Waals surface area (Å²) in [6.07, 6.45) is -9.10. The molecule has 340 valence electrons. The van der Waals surface area contributed by atoms with Crippen molar-refractivity contribution >= 4 is 53.3 Å². The number of carboxylic acid groups (broad SMARTS) is 1. The van der Waals surface area contributed by atoms with E-state index in [0.717, 1.165) is 0 Å². The lowest BCUT2D eigenvalue weighted by Crippen LogP contribution is -2.63. The fraction of sp³-hybridized carbons (Fsp3) is 0.583. The van der Waals surface area contributed by atoms with Crippen LogP contribution in [-0.2, 0) is 49.5 Å². The van der Waals surface area contributed by atoms with E-state index in [-0.39, 0.29) is 57.6 Å². The van der Waals surface area contributed by atoms with Gasteiger partial charge in [-0.25, -0.2) is 0 Å². The fourth-order valence-electron chi connectivity index (χ4n) is 6.32. The summed E-state index contributed by atoms with van der Waals surface area (Å²) in [5, 5.41) is 60.9. The highest BCUT2D eigenvalue weighted by atomic mass is 16.5. The van der Waals surface area contributed by atoms with Gasteiger partial charge in [0.2, 0.25) is 35.4 Å². The second-order valence-corrected chi connectivity index (χ2v) is 14.3. The van der Waals surface area contributed by atoms with Crippen molar-refractivity contribution in [2.45, 2.75) is 99.6 Å². The minimum absolute atomic E-state index is 0.0369. The standard InChI is InChI=1S/C36H53N13O13/c37-36(38)41-12-6-10-19-31(57)43-16-25(51)45-22(14-26(52)53)34(60)48-21(13-18-7-2-1-3-8-18)33(59)47-20(32(58)46-19)9-4-5-11-40-35(61)30-29(56)28(55)27(54)23(62-30)15-42-24(50)17-44-49-39/h1-3,7-8,19-23,27-30,54-56H,4-6,9-17H2,(H,40,61)(H,42,50)(H,43,57)(H,45,51)(H,46,58)(H,47,59)(H,48,60)(H,52,53)(H4,37,38,41)/t19-,20-,21+,22-,23+,27-,28?,29+,30?/m0/s1. The molecule has 0 spiro atoms. The van der Waals surface area contributed by atoms with Gasteiger partial charge in [0.1, 0.15) is 55.1 Å². The maximum atomic E-state index is 14.0. The van der Waals surface area contributed by atoms with Gasteiger partial charge < -0.3 is 73.8 Å². The second-order valence-electron chi connectivity index (χ2n) is 14.3. The van der Waals surface area contributed by atoms with Crippen molar-refractivity contribution in [2.24, 2.45) is 21.6 Å². The Morgan fingerprint density at radius 3 is 2.10 bits per heavy atom. The van der Waals surface area contributed by atoms with E-state index >= 15 is 0 Å². The quantitative estimate of drug-likeness (QED) is 0.0163. The molecule has 2 aliphatic rings. The molecular weight excluding hydrogens is 822 g/mol. The van der Waals surface area contributed by atoms with E-state index < -0.39 is 128 Å². The highest BCUT2D eigenvalue weighted by Gasteiger charge is 2.46. The summed E-state index contributed by atoms with van der Waals surface area (Å²) < 4.78 is 5.50. The van der Waals surface area contributed by atoms with Crippen LogP contribution in [-0.4, -0.2) is 161 Å². The van der Waals surface area contributed by atoms with Crippen LogP contribution in [0.5, 0.6) is 0 Å². The van der Waals surface area contributed by atoms with Crippen molar-refractivity contribution < 1.29 is 63.5 Å². The highest BCUT2D eigenvalue weighted by molar-refractivity contribution is 5.98. The average Bonchev–Trinajstić information content (AvgIpc) is 3.23. The lowest BCUT2D eigenvalue weighted by molar-refractivity contribution is -0.219. The zero-order valence-electron chi connectivity index (χ0n) is 33.5. The third-order valence-corrected chi connectivity index (χ3v) is 9.55. The third kappa shape index (κ3) is 16.5. The zero-order chi connectivity index (χ0) is 45.8. The fourth-order valence-corrected chi connectivity index (χ4v) is 6.32. The summed E-state index contributed by atoms with van der Waals surface area (Å²) in [7, 11) is 0. The third-order valence-electron chi connectivity index (χ3n) is 9.55. The Balaban J connectivity index is 1.81. The summed E-state index contributed by atoms with van der Waals surface area (Å²) in [6, 6.07) is 2.71. The SMILES string of the molecule is [N-]=[N+]=NCC(=O)NC[C@H]1OC(C(=O)NCCCC[C@@H]2NC(=O)[C@@H](Cc3ccccc3)NC(=O)[C@H](CC(=O)O)NC(=O)CNC(=O)[C@H](CCCN=C(N)N)NC2=O)[C@H](O)C(O)[C@H]1O. The number of aliphatic imine (C=N–C) groups is 1. The van der Waals surface area contributed by atoms with E-state index in [1.54, 1.807) is 30.3 Å². The molecule has 2 saturated heterocycles. The number of rotatable bonds is 18. The first kappa shape index (κ1) is 49.8. The first-order valence-electron chi connectivity index (χ1n) is 19.5. The van der Waals surface area contributed by atoms with Crippen molar-refractivity contribution in [3.63, 3.8) is 0 Å². The number of guanidine groups is 1. The number of aliphatic hydroxyl groups is 3. The molecule has 2 aliphatic heterocycles. The molecule has 9 atom stereocenters. The first-order valence-corrected chi connectivity index (χ1v) is 19.5. The molecule has 1 aromatic rings. The molecule has 3 rings (SSSR count). The van der Waals surface area contributed by atoms with Gasteiger partial charge in [0.25, 0.3) is 5.91 Å². The summed E-state index contributed by atoms with van der Waals surface area (Å²) in [6.45, 7) is -1.69. The second kappa shape index (κ2) is 25.2. The molecule has 0 aromatic heterocycles. The average molecular weight is 876 g/mol. The van der Waals surface area contributed by atoms with Gasteiger partial charge in [0, 0.05) is 31.0 Å². The summed E-state index contributed by atoms with van der Waals surface area (Å²) >= 11 is 0. The summed E-state index contributed by atoms with van der Waals surface area (Å²) in [5.74, 6) is -7.77. The van der Waals surface area contributed by atoms with Crippen LogP contribution in [0, 0.1) is 0 Å². The number of nitrogens with two attached hydrogens (primary N) is 2. The Bertz CT molecular complexity index is 1830. The predicted octanol–water partition coefficient (Wildman–Crippen LogP) is -5.61. The van der Waals surface area contributed by atoms with Gasteiger partial charge in [-0.3, -0.25) is 43.3 Å². The van der Waals surface area contributed by atoms with Gasteiger partial charge in [-0.2, -0.15) is 0 Å². The van der Waals surface area contributed by atoms with Crippen LogP contribution >= 0.6 is 0 Å². The number of ether oxygens (including phenoxy) is 1. The van der Waals surface area contributed by atoms with Gasteiger partial charge >= 0.3 is 5.97 Å². The van der Waals surface area contributed by atoms with Gasteiger partial charge in [-0.15, -0.1) is 0 Å². The smallest absolute Gasteiger partial charge is 0.305 e. The highest BCUT2D eigenvalue weighted by Crippen LogP contribution is 2.21. The molecule has 2 fully saturated rings. The molecule has 0 aliphatic carbocycles. The van der Waals surface area contributed by atoms with E-state index in [2.05, 4.69) is 52.2 Å². The number of nitrogens with zero attached hydrogens (tertiary/aromatic N) is 4. The minimum Gasteiger partial charge on any atom is -0.481 e. The lowest BCUT2D eigenvalue weighted by atomic mass is 9.94. The van der Waals surface area contributed by atoms with Crippen LogP contribution in [0.2, 0.25) is 0 Å². The number of benzene rings is 1. The Labute approximate surface area is 354 Å². The molecule has 0 radical (unpaired) electrons. The molecule has 2 heterocycles. The van der Waals surface area contributed by atoms with E-state index in [1.165, 1.54) is 0 Å². The molecule has 0 bridgehead atoms. The number of carbonyl (C=O) groups excluding carboxylic acids is 7. The van der Waals surface area contributed by atoms with Crippen molar-refractivity contribution in [1.82, 2.24) is 37.2 Å². The summed E-state index contributed by atoms with van der Waals surface area (Å²) in [4.78, 5) is 110. The van der Waals surface area contributed by atoms with Crippen molar-refractivity contribution in [3.8, 4) is 0 Å². The van der Waals surface area contributed by atoms with Crippen LogP contribution in [0.3, 0.4) is 0 Å². The van der Waals surface area contributed by atoms with Gasteiger partial charge in [-0.1, -0.05) is 35.4 Å². The van der Waals surface area contributed by atoms with Gasteiger partial charge in [0.15, 0.2) is 12.1 Å². The number of carboxylic acids is 1. The van der Waals surface area contributed by atoms with E-state index in [0.29, 0.717) is 5.56 Å². The molecule has 7 amide bonds. The van der Waals surface area contributed by atoms with Gasteiger partial charge in [-0.05, 0) is 43.2 Å². The maximum Gasteiger partial charge on any atom is 0.305 e.